The van der Waals surface area contributed by atoms with Crippen LogP contribution in [0, 0.1) is 17.7 Å². The van der Waals surface area contributed by atoms with E-state index in [1.807, 2.05) is 6.92 Å². The molecule has 2 amide bonds. The molecule has 0 bridgehead atoms. The fraction of sp³-hybridized carbons (Fsp3) is 0.269. The smallest absolute Gasteiger partial charge is 0.254 e. The fourth-order valence-electron chi connectivity index (χ4n) is 3.84. The van der Waals surface area contributed by atoms with Gasteiger partial charge in [0.15, 0.2) is 0 Å². The summed E-state index contributed by atoms with van der Waals surface area (Å²) in [7, 11) is 0. The maximum absolute atomic E-state index is 15.0. The van der Waals surface area contributed by atoms with Crippen molar-refractivity contribution >= 4 is 17.6 Å². The number of nitrogens with zero attached hydrogens (tertiary/aromatic N) is 4. The molecule has 0 saturated carbocycles. The Morgan fingerprint density at radius 1 is 1.20 bits per heavy atom. The highest BCUT2D eigenvalue weighted by atomic mass is 19.1. The van der Waals surface area contributed by atoms with Gasteiger partial charge in [-0.1, -0.05) is 24.8 Å². The first-order valence-corrected chi connectivity index (χ1v) is 11.4. The van der Waals surface area contributed by atoms with Crippen LogP contribution in [-0.4, -0.2) is 51.3 Å². The Bertz CT molecular complexity index is 1310. The van der Waals surface area contributed by atoms with Gasteiger partial charge in [-0.3, -0.25) is 9.59 Å². The van der Waals surface area contributed by atoms with Gasteiger partial charge in [-0.15, -0.1) is 0 Å². The molecule has 0 spiro atoms. The number of aryl methyl sites for hydroxylation is 1. The number of nitrogen functional groups attached to an aromatic ring is 1. The Morgan fingerprint density at radius 2 is 2.06 bits per heavy atom. The van der Waals surface area contributed by atoms with Crippen LogP contribution in [0.1, 0.15) is 46.9 Å². The molecule has 1 aliphatic heterocycles. The zero-order chi connectivity index (χ0) is 24.8. The molecule has 1 saturated heterocycles. The molecule has 3 heterocycles. The minimum atomic E-state index is -0.671. The average Bonchev–Trinajstić information content (AvgIpc) is 3.27. The van der Waals surface area contributed by atoms with Crippen LogP contribution >= 0.6 is 0 Å². The maximum atomic E-state index is 15.0. The molecule has 0 atom stereocenters. The highest BCUT2D eigenvalue weighted by molar-refractivity contribution is 5.95. The molecule has 0 aliphatic carbocycles. The summed E-state index contributed by atoms with van der Waals surface area (Å²) >= 11 is 0. The number of amides is 2. The monoisotopic (exact) mass is 472 g/mol. The topological polar surface area (TPSA) is 114 Å². The summed E-state index contributed by atoms with van der Waals surface area (Å²) in [6.07, 6.45) is 4.97. The summed E-state index contributed by atoms with van der Waals surface area (Å²) in [5.41, 5.74) is 8.49. The third-order valence-electron chi connectivity index (χ3n) is 5.70. The number of pyridine rings is 1. The van der Waals surface area contributed by atoms with E-state index in [0.29, 0.717) is 54.1 Å². The highest BCUT2D eigenvalue weighted by Crippen LogP contribution is 2.25. The van der Waals surface area contributed by atoms with E-state index in [1.54, 1.807) is 29.3 Å². The third kappa shape index (κ3) is 5.61. The average molecular weight is 473 g/mol. The number of carbonyl (C=O) groups is 2. The van der Waals surface area contributed by atoms with Crippen LogP contribution in [0.15, 0.2) is 42.9 Å². The first kappa shape index (κ1) is 23.8. The second-order valence-corrected chi connectivity index (χ2v) is 8.05. The van der Waals surface area contributed by atoms with Gasteiger partial charge in [0.05, 0.1) is 22.5 Å². The van der Waals surface area contributed by atoms with Gasteiger partial charge >= 0.3 is 0 Å². The van der Waals surface area contributed by atoms with E-state index < -0.39 is 11.7 Å². The van der Waals surface area contributed by atoms with Crippen molar-refractivity contribution in [3.8, 4) is 23.1 Å². The summed E-state index contributed by atoms with van der Waals surface area (Å²) in [5, 5.41) is 2.68. The number of benzene rings is 1. The van der Waals surface area contributed by atoms with Crippen LogP contribution in [0.25, 0.3) is 11.3 Å². The standard InChI is InChI=1S/C26H25FN6O2/c1-2-22-20(8-5-17-6-10-23(28)30-15-17)25(32-16-31-22)18-7-9-19(21(27)14-18)26(35)29-11-13-33-12-3-4-24(33)34/h6-7,9-10,14-16H,2-4,11-13H2,1H3,(H2,28,30)(H,29,35). The predicted molar refractivity (Wildman–Crippen MR) is 130 cm³/mol. The molecule has 178 valence electrons. The van der Waals surface area contributed by atoms with Crippen molar-refractivity contribution in [1.29, 1.82) is 0 Å². The number of carbonyl (C=O) groups excluding carboxylic acids is 2. The molecule has 4 rings (SSSR count). The number of aromatic nitrogens is 3. The number of hydrogen-bond donors (Lipinski definition) is 2. The zero-order valence-electron chi connectivity index (χ0n) is 19.3. The van der Waals surface area contributed by atoms with Crippen LogP contribution < -0.4 is 11.1 Å². The van der Waals surface area contributed by atoms with Gasteiger partial charge < -0.3 is 16.0 Å². The van der Waals surface area contributed by atoms with Gasteiger partial charge in [0, 0.05) is 43.4 Å². The Labute approximate surface area is 202 Å². The number of likely N-dealkylation sites (tertiary alicyclic amines) is 1. The number of rotatable bonds is 6. The normalized spacial score (nSPS) is 12.9. The van der Waals surface area contributed by atoms with Crippen molar-refractivity contribution < 1.29 is 14.0 Å². The molecule has 3 N–H and O–H groups in total. The van der Waals surface area contributed by atoms with Gasteiger partial charge in [0.2, 0.25) is 5.91 Å². The lowest BCUT2D eigenvalue weighted by Gasteiger charge is -2.15. The SMILES string of the molecule is CCc1ncnc(-c2ccc(C(=O)NCCN3CCCC3=O)c(F)c2)c1C#Cc1ccc(N)nc1. The lowest BCUT2D eigenvalue weighted by atomic mass is 10.0. The van der Waals surface area contributed by atoms with Crippen molar-refractivity contribution in [3.05, 3.63) is 71.1 Å². The molecular formula is C26H25FN6O2. The number of halogens is 1. The van der Waals surface area contributed by atoms with Crippen LogP contribution in [0.2, 0.25) is 0 Å². The van der Waals surface area contributed by atoms with Crippen LogP contribution in [0.4, 0.5) is 10.2 Å². The van der Waals surface area contributed by atoms with Gasteiger partial charge in [-0.25, -0.2) is 19.3 Å². The lowest BCUT2D eigenvalue weighted by molar-refractivity contribution is -0.127. The van der Waals surface area contributed by atoms with E-state index in [0.717, 1.165) is 12.1 Å². The third-order valence-corrected chi connectivity index (χ3v) is 5.70. The fourth-order valence-corrected chi connectivity index (χ4v) is 3.84. The summed E-state index contributed by atoms with van der Waals surface area (Å²) in [6.45, 7) is 3.32. The molecule has 35 heavy (non-hydrogen) atoms. The van der Waals surface area contributed by atoms with Crippen LogP contribution in [0.5, 0.6) is 0 Å². The minimum absolute atomic E-state index is 0.0770. The number of nitrogens with two attached hydrogens (primary N) is 1. The molecule has 2 aromatic heterocycles. The second-order valence-electron chi connectivity index (χ2n) is 8.05. The van der Waals surface area contributed by atoms with Gasteiger partial charge in [0.25, 0.3) is 5.91 Å². The van der Waals surface area contributed by atoms with Gasteiger partial charge in [-0.05, 0) is 37.1 Å². The summed E-state index contributed by atoms with van der Waals surface area (Å²) in [6, 6.07) is 7.76. The summed E-state index contributed by atoms with van der Waals surface area (Å²) in [5.74, 6) is 5.40. The van der Waals surface area contributed by atoms with E-state index in [4.69, 9.17) is 5.73 Å². The highest BCUT2D eigenvalue weighted by Gasteiger charge is 2.20. The molecule has 8 nitrogen and oxygen atoms in total. The molecule has 1 aromatic carbocycles. The quantitative estimate of drug-likeness (QED) is 0.533. The maximum Gasteiger partial charge on any atom is 0.254 e. The molecule has 1 aliphatic rings. The Hall–Kier alpha value is -4.32. The van der Waals surface area contributed by atoms with E-state index in [9.17, 15) is 14.0 Å². The van der Waals surface area contributed by atoms with Crippen molar-refractivity contribution in [2.24, 2.45) is 0 Å². The van der Waals surface area contributed by atoms with Gasteiger partial charge in [-0.2, -0.15) is 0 Å². The molecule has 0 unspecified atom stereocenters. The first-order valence-electron chi connectivity index (χ1n) is 11.4. The van der Waals surface area contributed by atoms with E-state index in [1.165, 1.54) is 18.5 Å². The van der Waals surface area contributed by atoms with E-state index in [2.05, 4.69) is 32.1 Å². The van der Waals surface area contributed by atoms with Crippen molar-refractivity contribution in [3.63, 3.8) is 0 Å². The van der Waals surface area contributed by atoms with Crippen LogP contribution in [-0.2, 0) is 11.2 Å². The molecular weight excluding hydrogens is 447 g/mol. The molecule has 1 fully saturated rings. The Morgan fingerprint density at radius 3 is 2.74 bits per heavy atom. The first-order chi connectivity index (χ1) is 17.0. The van der Waals surface area contributed by atoms with Crippen molar-refractivity contribution in [2.75, 3.05) is 25.4 Å². The van der Waals surface area contributed by atoms with Crippen molar-refractivity contribution in [2.45, 2.75) is 26.2 Å². The Kier molecular flexibility index (Phi) is 7.31. The molecule has 0 radical (unpaired) electrons. The van der Waals surface area contributed by atoms with Crippen molar-refractivity contribution in [1.82, 2.24) is 25.2 Å². The number of anilines is 1. The molecule has 3 aromatic rings. The largest absolute Gasteiger partial charge is 0.384 e. The number of nitrogens with one attached hydrogen (secondary N) is 1. The van der Waals surface area contributed by atoms with E-state index >= 15 is 0 Å². The van der Waals surface area contributed by atoms with E-state index in [-0.39, 0.29) is 18.0 Å². The lowest BCUT2D eigenvalue weighted by Crippen LogP contribution is -2.35. The minimum Gasteiger partial charge on any atom is -0.384 e. The van der Waals surface area contributed by atoms with Gasteiger partial charge in [0.1, 0.15) is 18.0 Å². The Balaban J connectivity index is 1.55. The summed E-state index contributed by atoms with van der Waals surface area (Å²) < 4.78 is 15.0. The summed E-state index contributed by atoms with van der Waals surface area (Å²) in [4.78, 5) is 38.6. The second kappa shape index (κ2) is 10.7. The van der Waals surface area contributed by atoms with Crippen LogP contribution in [0.3, 0.4) is 0 Å². The molecule has 9 heteroatoms. The number of hydrogen-bond acceptors (Lipinski definition) is 6. The zero-order valence-corrected chi connectivity index (χ0v) is 19.3. The predicted octanol–water partition coefficient (Wildman–Crippen LogP) is 2.57.